The number of carboxylic acids is 1. The molecule has 146 valence electrons. The number of aliphatic carboxylic acids is 1. The topological polar surface area (TPSA) is 119 Å². The Balaban J connectivity index is 1.71. The second-order valence-electron chi connectivity index (χ2n) is 7.05. The van der Waals surface area contributed by atoms with Gasteiger partial charge < -0.3 is 20.9 Å². The van der Waals surface area contributed by atoms with Gasteiger partial charge in [0.15, 0.2) is 0 Å². The highest BCUT2D eigenvalue weighted by atomic mass is 16.5. The number of primary amides is 1. The first-order valence-electron chi connectivity index (χ1n) is 8.96. The van der Waals surface area contributed by atoms with Crippen LogP contribution >= 0.6 is 0 Å². The summed E-state index contributed by atoms with van der Waals surface area (Å²) in [6.07, 6.45) is -1.13. The summed E-state index contributed by atoms with van der Waals surface area (Å²) in [6, 6.07) is 15.8. The van der Waals surface area contributed by atoms with Gasteiger partial charge in [-0.25, -0.2) is 9.59 Å². The fraction of sp³-hybridized carbons (Fsp3) is 0.286. The number of rotatable bonds is 7. The fourth-order valence-electron chi connectivity index (χ4n) is 3.46. The number of ether oxygens (including phenoxy) is 1. The van der Waals surface area contributed by atoms with Gasteiger partial charge in [0.05, 0.1) is 0 Å². The van der Waals surface area contributed by atoms with Crippen molar-refractivity contribution in [1.29, 1.82) is 0 Å². The zero-order valence-corrected chi connectivity index (χ0v) is 15.5. The van der Waals surface area contributed by atoms with E-state index < -0.39 is 23.5 Å². The molecule has 1 atom stereocenters. The van der Waals surface area contributed by atoms with Gasteiger partial charge in [0.1, 0.15) is 12.1 Å². The summed E-state index contributed by atoms with van der Waals surface area (Å²) < 4.78 is 5.36. The molecule has 0 aliphatic heterocycles. The van der Waals surface area contributed by atoms with E-state index >= 15 is 0 Å². The van der Waals surface area contributed by atoms with E-state index in [0.29, 0.717) is 0 Å². The standard InChI is InChI=1S/C21H22N2O5/c1-21(19(25)26,11-10-18(22)24)23-20(27)28-12-17-15-8-4-2-6-13(15)14-7-3-5-9-16(14)17/h2-9,17H,10-12H2,1H3,(H2,22,24)(H,23,27)(H,25,26)/t21-/m1/s1. The molecule has 3 rings (SSSR count). The quantitative estimate of drug-likeness (QED) is 0.680. The second-order valence-corrected chi connectivity index (χ2v) is 7.05. The number of nitrogens with two attached hydrogens (primary N) is 1. The number of carbonyl (C=O) groups excluding carboxylic acids is 2. The molecule has 0 unspecified atom stereocenters. The Bertz CT molecular complexity index is 881. The molecule has 0 fully saturated rings. The van der Waals surface area contributed by atoms with Crippen molar-refractivity contribution in [2.24, 2.45) is 5.73 Å². The molecule has 4 N–H and O–H groups in total. The van der Waals surface area contributed by atoms with E-state index in [0.717, 1.165) is 22.3 Å². The second kappa shape index (κ2) is 7.72. The van der Waals surface area contributed by atoms with Crippen LogP contribution in [0.3, 0.4) is 0 Å². The van der Waals surface area contributed by atoms with Crippen LogP contribution in [0.2, 0.25) is 0 Å². The average Bonchev–Trinajstić information content (AvgIpc) is 2.98. The molecule has 1 aliphatic carbocycles. The lowest BCUT2D eigenvalue weighted by Gasteiger charge is -2.25. The average molecular weight is 382 g/mol. The summed E-state index contributed by atoms with van der Waals surface area (Å²) in [5, 5.41) is 11.8. The first kappa shape index (κ1) is 19.4. The van der Waals surface area contributed by atoms with E-state index in [1.54, 1.807) is 0 Å². The number of alkyl carbamates (subject to hydrolysis) is 1. The van der Waals surface area contributed by atoms with Crippen LogP contribution in [0.15, 0.2) is 48.5 Å². The Morgan fingerprint density at radius 2 is 1.61 bits per heavy atom. The minimum absolute atomic E-state index is 0.0748. The van der Waals surface area contributed by atoms with Crippen molar-refractivity contribution in [3.8, 4) is 11.1 Å². The van der Waals surface area contributed by atoms with Gasteiger partial charge in [-0.1, -0.05) is 48.5 Å². The van der Waals surface area contributed by atoms with Crippen LogP contribution in [-0.2, 0) is 14.3 Å². The van der Waals surface area contributed by atoms with E-state index in [1.807, 2.05) is 48.5 Å². The Morgan fingerprint density at radius 3 is 2.11 bits per heavy atom. The fourth-order valence-corrected chi connectivity index (χ4v) is 3.46. The van der Waals surface area contributed by atoms with Gasteiger partial charge >= 0.3 is 12.1 Å². The summed E-state index contributed by atoms with van der Waals surface area (Å²) in [5.41, 5.74) is 7.77. The van der Waals surface area contributed by atoms with Gasteiger partial charge in [0.2, 0.25) is 5.91 Å². The number of amides is 2. The van der Waals surface area contributed by atoms with Crippen LogP contribution < -0.4 is 11.1 Å². The summed E-state index contributed by atoms with van der Waals surface area (Å²) in [4.78, 5) is 34.8. The van der Waals surface area contributed by atoms with Gasteiger partial charge in [-0.2, -0.15) is 0 Å². The summed E-state index contributed by atoms with van der Waals surface area (Å²) in [7, 11) is 0. The zero-order chi connectivity index (χ0) is 20.3. The van der Waals surface area contributed by atoms with Gasteiger partial charge in [0.25, 0.3) is 0 Å². The molecule has 0 heterocycles. The molecular weight excluding hydrogens is 360 g/mol. The highest BCUT2D eigenvalue weighted by molar-refractivity contribution is 5.85. The molecule has 0 saturated carbocycles. The molecule has 0 saturated heterocycles. The van der Waals surface area contributed by atoms with Gasteiger partial charge in [-0.15, -0.1) is 0 Å². The molecule has 0 bridgehead atoms. The van der Waals surface area contributed by atoms with E-state index in [9.17, 15) is 19.5 Å². The van der Waals surface area contributed by atoms with E-state index in [2.05, 4.69) is 5.32 Å². The van der Waals surface area contributed by atoms with Crippen LogP contribution in [0.4, 0.5) is 4.79 Å². The smallest absolute Gasteiger partial charge is 0.408 e. The van der Waals surface area contributed by atoms with Crippen molar-refractivity contribution in [3.05, 3.63) is 59.7 Å². The maximum atomic E-state index is 12.3. The molecule has 0 aromatic heterocycles. The molecule has 7 heteroatoms. The number of carboxylic acid groups (broad SMARTS) is 1. The lowest BCUT2D eigenvalue weighted by atomic mass is 9.96. The molecule has 2 aromatic carbocycles. The molecule has 0 spiro atoms. The Hall–Kier alpha value is -3.35. The molecule has 0 radical (unpaired) electrons. The van der Waals surface area contributed by atoms with Crippen molar-refractivity contribution < 1.29 is 24.2 Å². The molecule has 2 amide bonds. The number of hydrogen-bond donors (Lipinski definition) is 3. The molecule has 2 aromatic rings. The number of hydrogen-bond acceptors (Lipinski definition) is 4. The van der Waals surface area contributed by atoms with Crippen LogP contribution in [0, 0.1) is 0 Å². The first-order chi connectivity index (χ1) is 13.3. The number of carbonyl (C=O) groups is 3. The first-order valence-corrected chi connectivity index (χ1v) is 8.96. The highest BCUT2D eigenvalue weighted by Gasteiger charge is 2.36. The number of nitrogens with one attached hydrogen (secondary N) is 1. The molecule has 7 nitrogen and oxygen atoms in total. The monoisotopic (exact) mass is 382 g/mol. The number of fused-ring (bicyclic) bond motifs is 3. The Labute approximate surface area is 162 Å². The van der Waals surface area contributed by atoms with Crippen LogP contribution in [0.25, 0.3) is 11.1 Å². The van der Waals surface area contributed by atoms with E-state index in [-0.39, 0.29) is 25.4 Å². The van der Waals surface area contributed by atoms with E-state index in [4.69, 9.17) is 10.5 Å². The normalized spacial score (nSPS) is 14.5. The van der Waals surface area contributed by atoms with Gasteiger partial charge in [-0.05, 0) is 35.6 Å². The minimum atomic E-state index is -1.64. The third-order valence-corrected chi connectivity index (χ3v) is 5.07. The Morgan fingerprint density at radius 1 is 1.07 bits per heavy atom. The maximum absolute atomic E-state index is 12.3. The zero-order valence-electron chi connectivity index (χ0n) is 15.5. The third-order valence-electron chi connectivity index (χ3n) is 5.07. The lowest BCUT2D eigenvalue weighted by molar-refractivity contribution is -0.144. The maximum Gasteiger partial charge on any atom is 0.408 e. The third kappa shape index (κ3) is 3.83. The van der Waals surface area contributed by atoms with Gasteiger partial charge in [-0.3, -0.25) is 4.79 Å². The minimum Gasteiger partial charge on any atom is -0.480 e. The Kier molecular flexibility index (Phi) is 5.35. The van der Waals surface area contributed by atoms with Crippen LogP contribution in [0.1, 0.15) is 36.8 Å². The summed E-state index contributed by atoms with van der Waals surface area (Å²) >= 11 is 0. The summed E-state index contributed by atoms with van der Waals surface area (Å²) in [6.45, 7) is 1.39. The summed E-state index contributed by atoms with van der Waals surface area (Å²) in [5.74, 6) is -2.02. The predicted octanol–water partition coefficient (Wildman–Crippen LogP) is 2.63. The predicted molar refractivity (Wildman–Crippen MR) is 103 cm³/mol. The lowest BCUT2D eigenvalue weighted by Crippen LogP contribution is -2.52. The molecule has 28 heavy (non-hydrogen) atoms. The molecular formula is C21H22N2O5. The van der Waals surface area contributed by atoms with Gasteiger partial charge in [0, 0.05) is 12.3 Å². The van der Waals surface area contributed by atoms with Crippen molar-refractivity contribution in [2.45, 2.75) is 31.2 Å². The highest BCUT2D eigenvalue weighted by Crippen LogP contribution is 2.44. The largest absolute Gasteiger partial charge is 0.480 e. The SMILES string of the molecule is C[C@](CCC(N)=O)(NC(=O)OCC1c2ccccc2-c2ccccc21)C(=O)O. The van der Waals surface area contributed by atoms with Crippen molar-refractivity contribution in [3.63, 3.8) is 0 Å². The van der Waals surface area contributed by atoms with E-state index in [1.165, 1.54) is 6.92 Å². The van der Waals surface area contributed by atoms with Crippen LogP contribution in [-0.4, -0.2) is 35.2 Å². The van der Waals surface area contributed by atoms with Crippen LogP contribution in [0.5, 0.6) is 0 Å². The molecule has 1 aliphatic rings. The van der Waals surface area contributed by atoms with Crippen molar-refractivity contribution >= 4 is 18.0 Å². The van der Waals surface area contributed by atoms with Crippen molar-refractivity contribution in [2.75, 3.05) is 6.61 Å². The number of benzene rings is 2. The van der Waals surface area contributed by atoms with Crippen molar-refractivity contribution in [1.82, 2.24) is 5.32 Å².